The monoisotopic (exact) mass is 359 g/mol. The van der Waals surface area contributed by atoms with Gasteiger partial charge in [-0.1, -0.05) is 6.07 Å². The molecule has 0 bridgehead atoms. The van der Waals surface area contributed by atoms with E-state index >= 15 is 0 Å². The smallest absolute Gasteiger partial charge is 0.193 e. The van der Waals surface area contributed by atoms with Crippen LogP contribution in [-0.2, 0) is 16.0 Å². The van der Waals surface area contributed by atoms with E-state index in [4.69, 9.17) is 9.47 Å². The number of ether oxygens (including phenoxy) is 2. The minimum Gasteiger partial charge on any atom is -0.381 e. The lowest BCUT2D eigenvalue weighted by molar-refractivity contribution is 0.122. The number of pyridine rings is 1. The van der Waals surface area contributed by atoms with Crippen LogP contribution >= 0.6 is 0 Å². The number of hydrogen-bond acceptors (Lipinski definition) is 5. The molecule has 26 heavy (non-hydrogen) atoms. The maximum absolute atomic E-state index is 5.63. The summed E-state index contributed by atoms with van der Waals surface area (Å²) in [6, 6.07) is 4.25. The Morgan fingerprint density at radius 2 is 2.08 bits per heavy atom. The number of morpholine rings is 1. The summed E-state index contributed by atoms with van der Waals surface area (Å²) in [5, 5.41) is 3.49. The molecule has 1 aromatic heterocycles. The Morgan fingerprint density at radius 3 is 2.77 bits per heavy atom. The van der Waals surface area contributed by atoms with Gasteiger partial charge in [-0.15, -0.1) is 0 Å². The highest BCUT2D eigenvalue weighted by atomic mass is 16.5. The van der Waals surface area contributed by atoms with E-state index in [1.54, 1.807) is 0 Å². The summed E-state index contributed by atoms with van der Waals surface area (Å²) in [7, 11) is 1.86. The normalized spacial score (nSPS) is 26.7. The number of rotatable bonds is 3. The third kappa shape index (κ3) is 3.78. The molecule has 4 rings (SSSR count). The predicted molar refractivity (Wildman–Crippen MR) is 102 cm³/mol. The van der Waals surface area contributed by atoms with Gasteiger partial charge >= 0.3 is 0 Å². The first-order valence-corrected chi connectivity index (χ1v) is 9.59. The molecule has 7 heteroatoms. The van der Waals surface area contributed by atoms with Gasteiger partial charge in [-0.25, -0.2) is 4.98 Å². The maximum Gasteiger partial charge on any atom is 0.193 e. The zero-order valence-electron chi connectivity index (χ0n) is 15.6. The first kappa shape index (κ1) is 17.5. The fraction of sp³-hybridized carbons (Fsp3) is 0.684. The van der Waals surface area contributed by atoms with Gasteiger partial charge in [0, 0.05) is 58.0 Å². The van der Waals surface area contributed by atoms with Gasteiger partial charge in [0.1, 0.15) is 5.82 Å². The van der Waals surface area contributed by atoms with E-state index < -0.39 is 0 Å². The molecule has 7 nitrogen and oxygen atoms in total. The number of nitrogens with one attached hydrogen (secondary N) is 1. The molecule has 1 unspecified atom stereocenters. The quantitative estimate of drug-likeness (QED) is 0.644. The zero-order valence-corrected chi connectivity index (χ0v) is 15.6. The summed E-state index contributed by atoms with van der Waals surface area (Å²) < 4.78 is 11.0. The molecule has 1 spiro atoms. The molecule has 142 valence electrons. The molecule has 3 aliphatic rings. The van der Waals surface area contributed by atoms with Crippen LogP contribution < -0.4 is 10.2 Å². The molecule has 0 radical (unpaired) electrons. The largest absolute Gasteiger partial charge is 0.381 e. The fourth-order valence-electron chi connectivity index (χ4n) is 4.10. The highest BCUT2D eigenvalue weighted by molar-refractivity contribution is 5.80. The zero-order chi connectivity index (χ0) is 17.8. The molecule has 0 aliphatic carbocycles. The van der Waals surface area contributed by atoms with Crippen LogP contribution in [0.25, 0.3) is 0 Å². The number of likely N-dealkylation sites (tertiary alicyclic amines) is 1. The Labute approximate surface area is 155 Å². The third-order valence-electron chi connectivity index (χ3n) is 5.73. The van der Waals surface area contributed by atoms with Crippen molar-refractivity contribution in [2.24, 2.45) is 10.4 Å². The summed E-state index contributed by atoms with van der Waals surface area (Å²) in [4.78, 5) is 13.7. The second-order valence-corrected chi connectivity index (χ2v) is 7.50. The van der Waals surface area contributed by atoms with E-state index in [1.807, 2.05) is 13.2 Å². The van der Waals surface area contributed by atoms with Crippen molar-refractivity contribution in [1.29, 1.82) is 0 Å². The van der Waals surface area contributed by atoms with Gasteiger partial charge in [-0.05, 0) is 24.5 Å². The van der Waals surface area contributed by atoms with Crippen molar-refractivity contribution >= 4 is 11.8 Å². The molecule has 3 aliphatic heterocycles. The lowest BCUT2D eigenvalue weighted by atomic mass is 9.87. The van der Waals surface area contributed by atoms with Crippen LogP contribution in [-0.4, -0.2) is 75.5 Å². The van der Waals surface area contributed by atoms with E-state index in [0.29, 0.717) is 5.41 Å². The van der Waals surface area contributed by atoms with Crippen molar-refractivity contribution in [1.82, 2.24) is 15.2 Å². The molecule has 4 heterocycles. The Balaban J connectivity index is 1.31. The minimum absolute atomic E-state index is 0.346. The van der Waals surface area contributed by atoms with Gasteiger partial charge in [0.25, 0.3) is 0 Å². The van der Waals surface area contributed by atoms with Gasteiger partial charge in [0.15, 0.2) is 5.96 Å². The number of hydrogen-bond donors (Lipinski definition) is 1. The average molecular weight is 359 g/mol. The molecule has 1 aromatic rings. The minimum atomic E-state index is 0.346. The van der Waals surface area contributed by atoms with Crippen LogP contribution in [0.5, 0.6) is 0 Å². The highest BCUT2D eigenvalue weighted by Crippen LogP contribution is 2.38. The van der Waals surface area contributed by atoms with Gasteiger partial charge in [-0.3, -0.25) is 4.99 Å². The van der Waals surface area contributed by atoms with Crippen molar-refractivity contribution < 1.29 is 9.47 Å². The Bertz CT molecular complexity index is 621. The molecule has 0 saturated carbocycles. The van der Waals surface area contributed by atoms with Crippen molar-refractivity contribution in [2.75, 3.05) is 64.6 Å². The summed E-state index contributed by atoms with van der Waals surface area (Å²) in [6.07, 6.45) is 4.33. The summed E-state index contributed by atoms with van der Waals surface area (Å²) in [5.41, 5.74) is 1.51. The van der Waals surface area contributed by atoms with Crippen LogP contribution in [0.4, 0.5) is 5.82 Å². The molecule has 3 saturated heterocycles. The van der Waals surface area contributed by atoms with E-state index in [9.17, 15) is 0 Å². The standard InChI is InChI=1S/C19H29N5O2/c1-20-18(24-6-4-19(14-24)5-9-26-15-19)22-13-16-2-3-17(21-12-16)23-7-10-25-11-8-23/h2-3,12H,4-11,13-15H2,1H3,(H,20,22). The second-order valence-electron chi connectivity index (χ2n) is 7.50. The Kier molecular flexibility index (Phi) is 5.26. The average Bonchev–Trinajstić information content (AvgIpc) is 3.34. The van der Waals surface area contributed by atoms with Crippen LogP contribution in [0.15, 0.2) is 23.3 Å². The Morgan fingerprint density at radius 1 is 1.19 bits per heavy atom. The lowest BCUT2D eigenvalue weighted by Gasteiger charge is -2.28. The fourth-order valence-corrected chi connectivity index (χ4v) is 4.10. The predicted octanol–water partition coefficient (Wildman–Crippen LogP) is 1.11. The van der Waals surface area contributed by atoms with Crippen molar-refractivity contribution in [3.8, 4) is 0 Å². The summed E-state index contributed by atoms with van der Waals surface area (Å²) in [6.45, 7) is 8.03. The first-order chi connectivity index (χ1) is 12.8. The van der Waals surface area contributed by atoms with Gasteiger partial charge < -0.3 is 24.6 Å². The number of aromatic nitrogens is 1. The molecule has 1 N–H and O–H groups in total. The van der Waals surface area contributed by atoms with Gasteiger partial charge in [-0.2, -0.15) is 0 Å². The van der Waals surface area contributed by atoms with Crippen LogP contribution in [0.1, 0.15) is 18.4 Å². The number of anilines is 1. The number of nitrogens with zero attached hydrogens (tertiary/aromatic N) is 4. The lowest BCUT2D eigenvalue weighted by Crippen LogP contribution is -2.41. The summed E-state index contributed by atoms with van der Waals surface area (Å²) in [5.74, 6) is 2.01. The maximum atomic E-state index is 5.63. The first-order valence-electron chi connectivity index (χ1n) is 9.59. The van der Waals surface area contributed by atoms with Crippen LogP contribution in [0.2, 0.25) is 0 Å². The third-order valence-corrected chi connectivity index (χ3v) is 5.73. The van der Waals surface area contributed by atoms with E-state index in [2.05, 4.69) is 37.2 Å². The highest BCUT2D eigenvalue weighted by Gasteiger charge is 2.42. The van der Waals surface area contributed by atoms with Gasteiger partial charge in [0.2, 0.25) is 0 Å². The number of guanidine groups is 1. The van der Waals surface area contributed by atoms with Gasteiger partial charge in [0.05, 0.1) is 19.8 Å². The van der Waals surface area contributed by atoms with Crippen molar-refractivity contribution in [3.63, 3.8) is 0 Å². The molecule has 0 amide bonds. The molecule has 0 aromatic carbocycles. The molecule has 3 fully saturated rings. The SMILES string of the molecule is CN=C(NCc1ccc(N2CCOCC2)nc1)N1CCC2(CCOC2)C1. The molecular formula is C19H29N5O2. The van der Waals surface area contributed by atoms with Crippen LogP contribution in [0.3, 0.4) is 0 Å². The van der Waals surface area contributed by atoms with E-state index in [0.717, 1.165) is 70.9 Å². The van der Waals surface area contributed by atoms with E-state index in [-0.39, 0.29) is 0 Å². The van der Waals surface area contributed by atoms with E-state index in [1.165, 1.54) is 18.4 Å². The molecular weight excluding hydrogens is 330 g/mol. The Hall–Kier alpha value is -1.86. The summed E-state index contributed by atoms with van der Waals surface area (Å²) >= 11 is 0. The number of aliphatic imine (C=N–C) groups is 1. The second kappa shape index (κ2) is 7.80. The van der Waals surface area contributed by atoms with Crippen molar-refractivity contribution in [2.45, 2.75) is 19.4 Å². The van der Waals surface area contributed by atoms with Crippen molar-refractivity contribution in [3.05, 3.63) is 23.9 Å². The topological polar surface area (TPSA) is 62.2 Å². The molecule has 1 atom stereocenters. The van der Waals surface area contributed by atoms with Crippen LogP contribution in [0, 0.1) is 5.41 Å².